The van der Waals surface area contributed by atoms with Gasteiger partial charge in [0, 0.05) is 18.7 Å². The molecule has 0 aliphatic heterocycles. The van der Waals surface area contributed by atoms with Crippen LogP contribution in [-0.2, 0) is 0 Å². The third-order valence-electron chi connectivity index (χ3n) is 2.36. The van der Waals surface area contributed by atoms with Crippen molar-refractivity contribution in [3.63, 3.8) is 0 Å². The Balaban J connectivity index is 2.63. The van der Waals surface area contributed by atoms with Gasteiger partial charge in [0.1, 0.15) is 0 Å². The SMILES string of the molecule is CNCC(C)CNc1ccc([N+](=O)[O-])cc1Cl. The molecule has 1 aromatic carbocycles. The second-order valence-electron chi connectivity index (χ2n) is 3.97. The van der Waals surface area contributed by atoms with Crippen molar-refractivity contribution in [3.05, 3.63) is 33.3 Å². The van der Waals surface area contributed by atoms with Crippen LogP contribution in [0, 0.1) is 16.0 Å². The molecule has 0 amide bonds. The Morgan fingerprint density at radius 1 is 1.47 bits per heavy atom. The van der Waals surface area contributed by atoms with Gasteiger partial charge in [0.05, 0.1) is 15.6 Å². The Hall–Kier alpha value is -1.33. The molecular formula is C11H16ClN3O2. The van der Waals surface area contributed by atoms with E-state index in [1.165, 1.54) is 12.1 Å². The molecule has 1 unspecified atom stereocenters. The van der Waals surface area contributed by atoms with Gasteiger partial charge in [-0.05, 0) is 25.6 Å². The summed E-state index contributed by atoms with van der Waals surface area (Å²) in [6.07, 6.45) is 0. The maximum absolute atomic E-state index is 10.5. The number of hydrogen-bond donors (Lipinski definition) is 2. The third-order valence-corrected chi connectivity index (χ3v) is 2.67. The Morgan fingerprint density at radius 3 is 2.71 bits per heavy atom. The van der Waals surface area contributed by atoms with Crippen LogP contribution in [0.4, 0.5) is 11.4 Å². The number of anilines is 1. The zero-order valence-corrected chi connectivity index (χ0v) is 10.6. The Bertz CT molecular complexity index is 398. The van der Waals surface area contributed by atoms with Gasteiger partial charge in [-0.1, -0.05) is 18.5 Å². The van der Waals surface area contributed by atoms with Gasteiger partial charge in [-0.3, -0.25) is 10.1 Å². The monoisotopic (exact) mass is 257 g/mol. The molecule has 0 spiro atoms. The van der Waals surface area contributed by atoms with E-state index < -0.39 is 4.92 Å². The van der Waals surface area contributed by atoms with Crippen molar-refractivity contribution in [1.82, 2.24) is 5.32 Å². The molecule has 0 saturated carbocycles. The molecule has 0 saturated heterocycles. The van der Waals surface area contributed by atoms with Crippen molar-refractivity contribution in [3.8, 4) is 0 Å². The average Bonchev–Trinajstić information content (AvgIpc) is 2.27. The lowest BCUT2D eigenvalue weighted by atomic mass is 10.2. The Kier molecular flexibility index (Phi) is 5.18. The summed E-state index contributed by atoms with van der Waals surface area (Å²) in [4.78, 5) is 10.1. The van der Waals surface area contributed by atoms with Crippen LogP contribution < -0.4 is 10.6 Å². The molecule has 1 rings (SSSR count). The van der Waals surface area contributed by atoms with E-state index in [4.69, 9.17) is 11.6 Å². The standard InChI is InChI=1S/C11H16ClN3O2/c1-8(6-13-2)7-14-11-4-3-9(15(16)17)5-10(11)12/h3-5,8,13-14H,6-7H2,1-2H3. The number of benzene rings is 1. The van der Waals surface area contributed by atoms with Crippen LogP contribution in [0.3, 0.4) is 0 Å². The predicted molar refractivity (Wildman–Crippen MR) is 69.7 cm³/mol. The second kappa shape index (κ2) is 6.42. The van der Waals surface area contributed by atoms with E-state index in [9.17, 15) is 10.1 Å². The highest BCUT2D eigenvalue weighted by Crippen LogP contribution is 2.26. The van der Waals surface area contributed by atoms with E-state index in [1.54, 1.807) is 6.07 Å². The lowest BCUT2D eigenvalue weighted by Gasteiger charge is -2.13. The van der Waals surface area contributed by atoms with Gasteiger partial charge in [-0.2, -0.15) is 0 Å². The maximum Gasteiger partial charge on any atom is 0.271 e. The highest BCUT2D eigenvalue weighted by Gasteiger charge is 2.09. The first-order valence-electron chi connectivity index (χ1n) is 5.37. The van der Waals surface area contributed by atoms with E-state index in [1.807, 2.05) is 7.05 Å². The van der Waals surface area contributed by atoms with Gasteiger partial charge in [0.15, 0.2) is 0 Å². The molecule has 5 nitrogen and oxygen atoms in total. The van der Waals surface area contributed by atoms with Crippen LogP contribution in [0.5, 0.6) is 0 Å². The molecule has 6 heteroatoms. The lowest BCUT2D eigenvalue weighted by Crippen LogP contribution is -2.22. The molecule has 0 aliphatic carbocycles. The summed E-state index contributed by atoms with van der Waals surface area (Å²) < 4.78 is 0. The van der Waals surface area contributed by atoms with Crippen molar-refractivity contribution < 1.29 is 4.92 Å². The first-order valence-corrected chi connectivity index (χ1v) is 5.74. The van der Waals surface area contributed by atoms with Crippen molar-refractivity contribution in [1.29, 1.82) is 0 Å². The quantitative estimate of drug-likeness (QED) is 0.607. The molecule has 0 aliphatic rings. The first kappa shape index (κ1) is 13.7. The molecule has 1 atom stereocenters. The molecule has 0 bridgehead atoms. The van der Waals surface area contributed by atoms with E-state index in [0.29, 0.717) is 10.9 Å². The summed E-state index contributed by atoms with van der Waals surface area (Å²) in [5.74, 6) is 0.450. The average molecular weight is 258 g/mol. The van der Waals surface area contributed by atoms with E-state index in [-0.39, 0.29) is 5.69 Å². The molecule has 0 heterocycles. The van der Waals surface area contributed by atoms with Crippen molar-refractivity contribution in [2.45, 2.75) is 6.92 Å². The minimum atomic E-state index is -0.459. The molecule has 94 valence electrons. The topological polar surface area (TPSA) is 67.2 Å². The summed E-state index contributed by atoms with van der Waals surface area (Å²) in [5.41, 5.74) is 0.726. The van der Waals surface area contributed by atoms with Crippen LogP contribution in [0.25, 0.3) is 0 Å². The van der Waals surface area contributed by atoms with E-state index in [0.717, 1.165) is 18.8 Å². The van der Waals surface area contributed by atoms with Crippen molar-refractivity contribution in [2.75, 3.05) is 25.5 Å². The van der Waals surface area contributed by atoms with Gasteiger partial charge in [-0.15, -0.1) is 0 Å². The highest BCUT2D eigenvalue weighted by molar-refractivity contribution is 6.33. The fourth-order valence-corrected chi connectivity index (χ4v) is 1.71. The number of nitro benzene ring substituents is 1. The van der Waals surface area contributed by atoms with Crippen LogP contribution >= 0.6 is 11.6 Å². The normalized spacial score (nSPS) is 12.2. The van der Waals surface area contributed by atoms with Gasteiger partial charge in [0.2, 0.25) is 0 Å². The molecule has 0 radical (unpaired) electrons. The zero-order valence-electron chi connectivity index (χ0n) is 9.87. The van der Waals surface area contributed by atoms with Crippen molar-refractivity contribution >= 4 is 23.0 Å². The number of nitrogens with one attached hydrogen (secondary N) is 2. The summed E-state index contributed by atoms with van der Waals surface area (Å²) in [6.45, 7) is 3.76. The van der Waals surface area contributed by atoms with Crippen LogP contribution in [0.15, 0.2) is 18.2 Å². The number of nitrogens with zero attached hydrogens (tertiary/aromatic N) is 1. The summed E-state index contributed by atoms with van der Waals surface area (Å²) in [6, 6.07) is 4.43. The first-order chi connectivity index (χ1) is 8.04. The molecule has 17 heavy (non-hydrogen) atoms. The van der Waals surface area contributed by atoms with Crippen LogP contribution in [0.1, 0.15) is 6.92 Å². The van der Waals surface area contributed by atoms with Crippen LogP contribution in [-0.4, -0.2) is 25.1 Å². The summed E-state index contributed by atoms with van der Waals surface area (Å²) in [7, 11) is 1.90. The minimum Gasteiger partial charge on any atom is -0.384 e. The van der Waals surface area contributed by atoms with Gasteiger partial charge in [0.25, 0.3) is 5.69 Å². The Labute approximate surface area is 105 Å². The molecule has 2 N–H and O–H groups in total. The molecule has 0 aromatic heterocycles. The second-order valence-corrected chi connectivity index (χ2v) is 4.37. The minimum absolute atomic E-state index is 0.00354. The number of rotatable bonds is 6. The Morgan fingerprint density at radius 2 is 2.18 bits per heavy atom. The predicted octanol–water partition coefficient (Wildman–Crippen LogP) is 2.52. The zero-order chi connectivity index (χ0) is 12.8. The fraction of sp³-hybridized carbons (Fsp3) is 0.455. The van der Waals surface area contributed by atoms with Gasteiger partial charge < -0.3 is 10.6 Å². The molecule has 1 aromatic rings. The summed E-state index contributed by atoms with van der Waals surface area (Å²) in [5, 5.41) is 17.2. The number of hydrogen-bond acceptors (Lipinski definition) is 4. The highest BCUT2D eigenvalue weighted by atomic mass is 35.5. The van der Waals surface area contributed by atoms with Crippen LogP contribution in [0.2, 0.25) is 5.02 Å². The van der Waals surface area contributed by atoms with Gasteiger partial charge in [-0.25, -0.2) is 0 Å². The largest absolute Gasteiger partial charge is 0.384 e. The maximum atomic E-state index is 10.5. The van der Waals surface area contributed by atoms with Gasteiger partial charge >= 0.3 is 0 Å². The summed E-state index contributed by atoms with van der Waals surface area (Å²) >= 11 is 5.95. The molecule has 0 fully saturated rings. The number of halogens is 1. The number of non-ortho nitro benzene ring substituents is 1. The van der Waals surface area contributed by atoms with E-state index in [2.05, 4.69) is 17.6 Å². The van der Waals surface area contributed by atoms with Crippen molar-refractivity contribution in [2.24, 2.45) is 5.92 Å². The van der Waals surface area contributed by atoms with E-state index >= 15 is 0 Å². The smallest absolute Gasteiger partial charge is 0.271 e. The third kappa shape index (κ3) is 4.20. The lowest BCUT2D eigenvalue weighted by molar-refractivity contribution is -0.384. The molecular weight excluding hydrogens is 242 g/mol. The number of nitro groups is 1. The fourth-order valence-electron chi connectivity index (χ4n) is 1.47.